The molecule has 2 rings (SSSR count). The van der Waals surface area contributed by atoms with E-state index in [-0.39, 0.29) is 17.4 Å². The molecule has 0 radical (unpaired) electrons. The second-order valence-corrected chi connectivity index (χ2v) is 9.10. The second-order valence-electron chi connectivity index (χ2n) is 9.10. The zero-order valence-electron chi connectivity index (χ0n) is 17.5. The number of amides is 5. The van der Waals surface area contributed by atoms with Gasteiger partial charge >= 0.3 is 12.1 Å². The number of hydrogen-bond acceptors (Lipinski definition) is 3. The van der Waals surface area contributed by atoms with Crippen molar-refractivity contribution in [3.05, 3.63) is 29.3 Å². The van der Waals surface area contributed by atoms with Crippen LogP contribution in [0.5, 0.6) is 0 Å². The quantitative estimate of drug-likeness (QED) is 0.809. The number of nitrogens with one attached hydrogen (secondary N) is 1. The van der Waals surface area contributed by atoms with E-state index in [1.807, 2.05) is 19.1 Å². The fraction of sp³-hybridized carbons (Fsp3) is 0.571. The maximum absolute atomic E-state index is 12.8. The van der Waals surface area contributed by atoms with Gasteiger partial charge in [-0.3, -0.25) is 4.79 Å². The summed E-state index contributed by atoms with van der Waals surface area (Å²) >= 11 is 0. The van der Waals surface area contributed by atoms with Gasteiger partial charge in [-0.1, -0.05) is 54.5 Å². The average Bonchev–Trinajstić information content (AvgIpc) is 2.85. The lowest BCUT2D eigenvalue weighted by Crippen LogP contribution is -2.43. The largest absolute Gasteiger partial charge is 0.340 e. The third kappa shape index (κ3) is 4.49. The molecular weight excluding hydrogens is 342 g/mol. The van der Waals surface area contributed by atoms with Gasteiger partial charge in [0.25, 0.3) is 5.91 Å². The first-order valence-corrected chi connectivity index (χ1v) is 9.44. The molecule has 1 heterocycles. The minimum absolute atomic E-state index is 0.139. The molecule has 0 atom stereocenters. The first-order valence-electron chi connectivity index (χ1n) is 9.44. The zero-order chi connectivity index (χ0) is 20.6. The summed E-state index contributed by atoms with van der Waals surface area (Å²) in [5, 5.41) is 2.66. The Balaban J connectivity index is 2.46. The Labute approximate surface area is 161 Å². The van der Waals surface area contributed by atoms with Crippen LogP contribution in [0.25, 0.3) is 0 Å². The number of nitrogens with zero attached hydrogens (tertiary/aromatic N) is 2. The summed E-state index contributed by atoms with van der Waals surface area (Å²) in [6.45, 7) is 14.7. The van der Waals surface area contributed by atoms with E-state index in [4.69, 9.17) is 0 Å². The number of anilines is 1. The summed E-state index contributed by atoms with van der Waals surface area (Å²) in [4.78, 5) is 39.7. The molecule has 1 N–H and O–H groups in total. The van der Waals surface area contributed by atoms with Crippen molar-refractivity contribution in [2.75, 3.05) is 18.0 Å². The molecular formula is C21H31N3O3. The van der Waals surface area contributed by atoms with Crippen molar-refractivity contribution in [1.82, 2.24) is 10.2 Å². The van der Waals surface area contributed by atoms with Crippen LogP contribution in [0.2, 0.25) is 0 Å². The summed E-state index contributed by atoms with van der Waals surface area (Å²) in [6, 6.07) is 4.75. The van der Waals surface area contributed by atoms with E-state index in [1.165, 1.54) is 0 Å². The molecule has 5 amide bonds. The van der Waals surface area contributed by atoms with Gasteiger partial charge in [0.15, 0.2) is 0 Å². The topological polar surface area (TPSA) is 69.7 Å². The molecule has 148 valence electrons. The van der Waals surface area contributed by atoms with Gasteiger partial charge in [0.1, 0.15) is 6.54 Å². The smallest absolute Gasteiger partial charge is 0.338 e. The van der Waals surface area contributed by atoms with Crippen LogP contribution in [0.1, 0.15) is 66.0 Å². The third-order valence-corrected chi connectivity index (χ3v) is 4.64. The van der Waals surface area contributed by atoms with E-state index in [0.717, 1.165) is 27.3 Å². The Morgan fingerprint density at radius 2 is 1.52 bits per heavy atom. The van der Waals surface area contributed by atoms with E-state index in [2.05, 4.69) is 52.9 Å². The SMILES string of the molecule is CCCNC(=O)N1CC(=O)N(c2cc(C(C)(C)C)cc(C(C)(C)C)c2)C1=O. The average molecular weight is 373 g/mol. The first kappa shape index (κ1) is 20.9. The van der Waals surface area contributed by atoms with Crippen LogP contribution in [0.4, 0.5) is 15.3 Å². The van der Waals surface area contributed by atoms with E-state index in [0.29, 0.717) is 12.2 Å². The molecule has 1 aromatic carbocycles. The van der Waals surface area contributed by atoms with Gasteiger partial charge in [0.2, 0.25) is 0 Å². The number of hydrogen-bond donors (Lipinski definition) is 1. The number of benzene rings is 1. The Kier molecular flexibility index (Phi) is 5.68. The lowest BCUT2D eigenvalue weighted by Gasteiger charge is -2.27. The van der Waals surface area contributed by atoms with Crippen LogP contribution < -0.4 is 10.2 Å². The van der Waals surface area contributed by atoms with Gasteiger partial charge in [0, 0.05) is 6.54 Å². The fourth-order valence-electron chi connectivity index (χ4n) is 2.85. The van der Waals surface area contributed by atoms with E-state index < -0.39 is 18.0 Å². The number of urea groups is 2. The summed E-state index contributed by atoms with van der Waals surface area (Å²) < 4.78 is 0. The molecule has 0 aliphatic carbocycles. The highest BCUT2D eigenvalue weighted by Crippen LogP contribution is 2.34. The molecule has 0 unspecified atom stereocenters. The molecule has 6 nitrogen and oxygen atoms in total. The van der Waals surface area contributed by atoms with E-state index in [9.17, 15) is 14.4 Å². The van der Waals surface area contributed by atoms with Crippen molar-refractivity contribution in [2.24, 2.45) is 0 Å². The van der Waals surface area contributed by atoms with E-state index in [1.54, 1.807) is 0 Å². The van der Waals surface area contributed by atoms with Gasteiger partial charge in [-0.25, -0.2) is 19.4 Å². The Morgan fingerprint density at radius 3 is 1.96 bits per heavy atom. The lowest BCUT2D eigenvalue weighted by molar-refractivity contribution is -0.116. The van der Waals surface area contributed by atoms with Crippen molar-refractivity contribution in [3.63, 3.8) is 0 Å². The Hall–Kier alpha value is -2.37. The highest BCUT2D eigenvalue weighted by molar-refractivity contribution is 6.24. The Morgan fingerprint density at radius 1 is 1.00 bits per heavy atom. The second kappa shape index (κ2) is 7.33. The van der Waals surface area contributed by atoms with Crippen molar-refractivity contribution < 1.29 is 14.4 Å². The summed E-state index contributed by atoms with van der Waals surface area (Å²) in [5.74, 6) is -0.391. The van der Waals surface area contributed by atoms with Gasteiger partial charge in [0.05, 0.1) is 5.69 Å². The fourth-order valence-corrected chi connectivity index (χ4v) is 2.85. The minimum atomic E-state index is -0.598. The van der Waals surface area contributed by atoms with Crippen LogP contribution in [-0.2, 0) is 15.6 Å². The van der Waals surface area contributed by atoms with Crippen LogP contribution in [0, 0.1) is 0 Å². The van der Waals surface area contributed by atoms with Crippen LogP contribution in [0.3, 0.4) is 0 Å². The molecule has 0 spiro atoms. The number of rotatable bonds is 3. The molecule has 27 heavy (non-hydrogen) atoms. The van der Waals surface area contributed by atoms with Crippen LogP contribution in [0.15, 0.2) is 18.2 Å². The van der Waals surface area contributed by atoms with Gasteiger partial charge in [-0.05, 0) is 40.5 Å². The summed E-state index contributed by atoms with van der Waals surface area (Å²) in [7, 11) is 0. The number of carbonyl (C=O) groups excluding carboxylic acids is 3. The molecule has 0 aromatic heterocycles. The van der Waals surface area contributed by atoms with Crippen molar-refractivity contribution in [2.45, 2.75) is 65.7 Å². The van der Waals surface area contributed by atoms with Crippen molar-refractivity contribution in [3.8, 4) is 0 Å². The van der Waals surface area contributed by atoms with E-state index >= 15 is 0 Å². The molecule has 1 aliphatic rings. The predicted octanol–water partition coefficient (Wildman–Crippen LogP) is 4.17. The highest BCUT2D eigenvalue weighted by Gasteiger charge is 2.41. The normalized spacial score (nSPS) is 15.5. The zero-order valence-corrected chi connectivity index (χ0v) is 17.5. The molecule has 1 aromatic rings. The molecule has 1 aliphatic heterocycles. The maximum atomic E-state index is 12.8. The predicted molar refractivity (Wildman–Crippen MR) is 107 cm³/mol. The third-order valence-electron chi connectivity index (χ3n) is 4.64. The lowest BCUT2D eigenvalue weighted by atomic mass is 9.80. The number of imide groups is 2. The summed E-state index contributed by atoms with van der Waals surface area (Å²) in [5.41, 5.74) is 2.33. The number of carbonyl (C=O) groups is 3. The van der Waals surface area contributed by atoms with Crippen molar-refractivity contribution in [1.29, 1.82) is 0 Å². The monoisotopic (exact) mass is 373 g/mol. The van der Waals surface area contributed by atoms with Crippen LogP contribution in [-0.4, -0.2) is 36.0 Å². The highest BCUT2D eigenvalue weighted by atomic mass is 16.2. The van der Waals surface area contributed by atoms with Crippen LogP contribution >= 0.6 is 0 Å². The maximum Gasteiger partial charge on any atom is 0.340 e. The molecule has 1 saturated heterocycles. The molecule has 6 heteroatoms. The van der Waals surface area contributed by atoms with Crippen molar-refractivity contribution >= 4 is 23.7 Å². The minimum Gasteiger partial charge on any atom is -0.338 e. The van der Waals surface area contributed by atoms with Gasteiger partial charge in [-0.15, -0.1) is 0 Å². The molecule has 0 bridgehead atoms. The standard InChI is InChI=1S/C21H31N3O3/c1-8-9-22-18(26)23-13-17(25)24(19(23)27)16-11-14(20(2,3)4)10-15(12-16)21(5,6)7/h10-12H,8-9,13H2,1-7H3,(H,22,26). The summed E-state index contributed by atoms with van der Waals surface area (Å²) in [6.07, 6.45) is 0.758. The molecule has 0 saturated carbocycles. The molecule has 1 fully saturated rings. The van der Waals surface area contributed by atoms with Gasteiger partial charge in [-0.2, -0.15) is 0 Å². The first-order chi connectivity index (χ1) is 12.4. The Bertz CT molecular complexity index is 725. The van der Waals surface area contributed by atoms with Gasteiger partial charge < -0.3 is 5.32 Å².